The summed E-state index contributed by atoms with van der Waals surface area (Å²) in [5, 5.41) is 2.96. The van der Waals surface area contributed by atoms with Crippen LogP contribution in [0.5, 0.6) is 0 Å². The zero-order valence-electron chi connectivity index (χ0n) is 11.9. The number of rotatable bonds is 3. The summed E-state index contributed by atoms with van der Waals surface area (Å²) in [6.45, 7) is 1.66. The largest absolute Gasteiger partial charge is 0.325 e. The molecule has 0 saturated carbocycles. The van der Waals surface area contributed by atoms with Gasteiger partial charge < -0.3 is 5.32 Å². The number of hydrogen-bond acceptors (Lipinski definition) is 3. The van der Waals surface area contributed by atoms with Crippen LogP contribution in [0.4, 0.5) is 16.0 Å². The molecule has 0 amide bonds. The molecule has 5 heteroatoms. The van der Waals surface area contributed by atoms with Crippen molar-refractivity contribution in [2.24, 2.45) is 0 Å². The first-order valence-corrected chi connectivity index (χ1v) is 6.82. The van der Waals surface area contributed by atoms with Gasteiger partial charge in [0, 0.05) is 22.9 Å². The minimum Gasteiger partial charge on any atom is -0.325 e. The fourth-order valence-electron chi connectivity index (χ4n) is 2.14. The lowest BCUT2D eigenvalue weighted by Gasteiger charge is -2.10. The Hall–Kier alpha value is -2.95. The molecule has 0 aliphatic carbocycles. The van der Waals surface area contributed by atoms with Crippen molar-refractivity contribution in [1.82, 2.24) is 9.97 Å². The number of nitrogens with zero attached hydrogens (tertiary/aromatic N) is 1. The van der Waals surface area contributed by atoms with Crippen LogP contribution in [0, 0.1) is 12.7 Å². The van der Waals surface area contributed by atoms with Crippen molar-refractivity contribution in [3.63, 3.8) is 0 Å². The van der Waals surface area contributed by atoms with Gasteiger partial charge in [-0.1, -0.05) is 36.4 Å². The van der Waals surface area contributed by atoms with Crippen LogP contribution in [0.3, 0.4) is 0 Å². The molecule has 3 rings (SSSR count). The normalized spacial score (nSPS) is 10.5. The summed E-state index contributed by atoms with van der Waals surface area (Å²) < 4.78 is 13.6. The number of halogens is 1. The van der Waals surface area contributed by atoms with Gasteiger partial charge in [-0.05, 0) is 19.1 Å². The van der Waals surface area contributed by atoms with E-state index in [0.29, 0.717) is 16.9 Å². The molecule has 0 aliphatic rings. The van der Waals surface area contributed by atoms with Crippen LogP contribution in [0.15, 0.2) is 59.4 Å². The van der Waals surface area contributed by atoms with Crippen molar-refractivity contribution in [1.29, 1.82) is 0 Å². The molecule has 0 bridgehead atoms. The summed E-state index contributed by atoms with van der Waals surface area (Å²) in [5.41, 5.74) is 2.16. The van der Waals surface area contributed by atoms with E-state index in [1.165, 1.54) is 12.1 Å². The molecular weight excluding hydrogens is 281 g/mol. The second-order valence-corrected chi connectivity index (χ2v) is 4.88. The van der Waals surface area contributed by atoms with Crippen LogP contribution >= 0.6 is 0 Å². The third-order valence-electron chi connectivity index (χ3n) is 3.33. The first-order chi connectivity index (χ1) is 10.6. The molecular formula is C17H14FN3O. The van der Waals surface area contributed by atoms with Crippen LogP contribution in [0.1, 0.15) is 5.56 Å². The maximum Gasteiger partial charge on any atom is 0.252 e. The number of hydrogen-bond donors (Lipinski definition) is 2. The summed E-state index contributed by atoms with van der Waals surface area (Å²) in [6, 6.07) is 15.5. The Bertz CT molecular complexity index is 859. The highest BCUT2D eigenvalue weighted by Crippen LogP contribution is 2.21. The highest BCUT2D eigenvalue weighted by atomic mass is 19.1. The summed E-state index contributed by atoms with van der Waals surface area (Å²) in [7, 11) is 0. The first kappa shape index (κ1) is 14.0. The second-order valence-electron chi connectivity index (χ2n) is 4.88. The van der Waals surface area contributed by atoms with Crippen LogP contribution in [-0.2, 0) is 0 Å². The maximum atomic E-state index is 13.6. The third-order valence-corrected chi connectivity index (χ3v) is 3.33. The van der Waals surface area contributed by atoms with Gasteiger partial charge in [-0.2, -0.15) is 0 Å². The van der Waals surface area contributed by atoms with Crippen molar-refractivity contribution < 1.29 is 4.39 Å². The lowest BCUT2D eigenvalue weighted by Crippen LogP contribution is -2.11. The molecule has 1 aromatic heterocycles. The first-order valence-electron chi connectivity index (χ1n) is 6.82. The Morgan fingerprint density at radius 1 is 1.09 bits per heavy atom. The van der Waals surface area contributed by atoms with Gasteiger partial charge in [0.25, 0.3) is 5.56 Å². The van der Waals surface area contributed by atoms with Gasteiger partial charge in [-0.3, -0.25) is 9.78 Å². The molecule has 0 unspecified atom stereocenters. The van der Waals surface area contributed by atoms with Crippen molar-refractivity contribution in [3.05, 3.63) is 76.3 Å². The van der Waals surface area contributed by atoms with E-state index in [0.717, 1.165) is 5.56 Å². The van der Waals surface area contributed by atoms with Crippen LogP contribution in [0.2, 0.25) is 0 Å². The third kappa shape index (κ3) is 2.88. The van der Waals surface area contributed by atoms with E-state index in [1.807, 2.05) is 30.3 Å². The topological polar surface area (TPSA) is 57.8 Å². The molecule has 0 atom stereocenters. The molecule has 110 valence electrons. The molecule has 0 radical (unpaired) electrons. The number of anilines is 2. The van der Waals surface area contributed by atoms with Gasteiger partial charge >= 0.3 is 0 Å². The Labute approximate surface area is 126 Å². The lowest BCUT2D eigenvalue weighted by atomic mass is 10.1. The van der Waals surface area contributed by atoms with Gasteiger partial charge in [-0.25, -0.2) is 9.37 Å². The quantitative estimate of drug-likeness (QED) is 0.775. The average Bonchev–Trinajstić information content (AvgIpc) is 2.52. The minimum absolute atomic E-state index is 0.273. The van der Waals surface area contributed by atoms with E-state index in [4.69, 9.17) is 0 Å². The molecule has 3 aromatic rings. The Morgan fingerprint density at radius 3 is 2.64 bits per heavy atom. The van der Waals surface area contributed by atoms with Gasteiger partial charge in [0.1, 0.15) is 5.82 Å². The lowest BCUT2D eigenvalue weighted by molar-refractivity contribution is 0.619. The number of nitrogens with one attached hydrogen (secondary N) is 2. The molecule has 2 N–H and O–H groups in total. The number of aromatic amines is 1. The summed E-state index contributed by atoms with van der Waals surface area (Å²) in [5.74, 6) is -0.0355. The van der Waals surface area contributed by atoms with Gasteiger partial charge in [-0.15, -0.1) is 0 Å². The van der Waals surface area contributed by atoms with E-state index in [1.54, 1.807) is 19.1 Å². The molecule has 2 aromatic carbocycles. The van der Waals surface area contributed by atoms with E-state index < -0.39 is 0 Å². The van der Waals surface area contributed by atoms with E-state index >= 15 is 0 Å². The summed E-state index contributed by atoms with van der Waals surface area (Å²) >= 11 is 0. The predicted octanol–water partition coefficient (Wildman–Crippen LogP) is 3.63. The molecule has 22 heavy (non-hydrogen) atoms. The van der Waals surface area contributed by atoms with E-state index in [2.05, 4.69) is 15.3 Å². The molecule has 1 heterocycles. The fourth-order valence-corrected chi connectivity index (χ4v) is 2.14. The standard InChI is InChI=1S/C17H14FN3O/c1-11-13(18)8-5-9-14(11)19-17-20-15(10-16(22)21-17)12-6-3-2-4-7-12/h2-10H,1H3,(H2,19,20,21,22). The van der Waals surface area contributed by atoms with Crippen LogP contribution in [0.25, 0.3) is 11.3 Å². The Kier molecular flexibility index (Phi) is 3.70. The van der Waals surface area contributed by atoms with Crippen molar-refractivity contribution in [3.8, 4) is 11.3 Å². The van der Waals surface area contributed by atoms with E-state index in [9.17, 15) is 9.18 Å². The molecule has 4 nitrogen and oxygen atoms in total. The highest BCUT2D eigenvalue weighted by molar-refractivity contribution is 5.63. The average molecular weight is 295 g/mol. The van der Waals surface area contributed by atoms with Gasteiger partial charge in [0.15, 0.2) is 0 Å². The number of benzene rings is 2. The van der Waals surface area contributed by atoms with Crippen molar-refractivity contribution in [2.75, 3.05) is 5.32 Å². The fraction of sp³-hybridized carbons (Fsp3) is 0.0588. The van der Waals surface area contributed by atoms with Crippen molar-refractivity contribution >= 4 is 11.6 Å². The zero-order chi connectivity index (χ0) is 15.5. The maximum absolute atomic E-state index is 13.6. The Balaban J connectivity index is 2.00. The monoisotopic (exact) mass is 295 g/mol. The van der Waals surface area contributed by atoms with Gasteiger partial charge in [0.2, 0.25) is 5.95 Å². The highest BCUT2D eigenvalue weighted by Gasteiger charge is 2.07. The number of H-pyrrole nitrogens is 1. The second kappa shape index (κ2) is 5.81. The molecule has 0 saturated heterocycles. The Morgan fingerprint density at radius 2 is 1.86 bits per heavy atom. The molecule has 0 aliphatic heterocycles. The molecule has 0 fully saturated rings. The minimum atomic E-state index is -0.313. The zero-order valence-corrected chi connectivity index (χ0v) is 11.9. The summed E-state index contributed by atoms with van der Waals surface area (Å²) in [4.78, 5) is 18.8. The van der Waals surface area contributed by atoms with Crippen LogP contribution in [-0.4, -0.2) is 9.97 Å². The van der Waals surface area contributed by atoms with Gasteiger partial charge in [0.05, 0.1) is 5.69 Å². The SMILES string of the molecule is Cc1c(F)cccc1Nc1nc(-c2ccccc2)cc(=O)[nH]1. The van der Waals surface area contributed by atoms with E-state index in [-0.39, 0.29) is 17.3 Å². The number of aromatic nitrogens is 2. The summed E-state index contributed by atoms with van der Waals surface area (Å²) in [6.07, 6.45) is 0. The van der Waals surface area contributed by atoms with Crippen LogP contribution < -0.4 is 10.9 Å². The predicted molar refractivity (Wildman–Crippen MR) is 84.7 cm³/mol. The van der Waals surface area contributed by atoms with Crippen molar-refractivity contribution in [2.45, 2.75) is 6.92 Å². The smallest absolute Gasteiger partial charge is 0.252 e. The molecule has 0 spiro atoms.